The summed E-state index contributed by atoms with van der Waals surface area (Å²) in [5, 5.41) is 34.6. The van der Waals surface area contributed by atoms with Gasteiger partial charge < -0.3 is 15.3 Å². The van der Waals surface area contributed by atoms with Gasteiger partial charge >= 0.3 is 0 Å². The average molecular weight is 572 g/mol. The number of imide groups is 1. The van der Waals surface area contributed by atoms with Gasteiger partial charge in [0.05, 0.1) is 31.1 Å². The number of phenolic OH excluding ortho intramolecular Hbond substituents is 1. The molecule has 2 aromatic carbocycles. The van der Waals surface area contributed by atoms with Crippen LogP contribution < -0.4 is 0 Å². The highest BCUT2D eigenvalue weighted by Gasteiger charge is 2.54. The van der Waals surface area contributed by atoms with Gasteiger partial charge in [0.1, 0.15) is 5.75 Å². The van der Waals surface area contributed by atoms with Crippen molar-refractivity contribution in [3.8, 4) is 5.75 Å². The van der Waals surface area contributed by atoms with Crippen molar-refractivity contribution in [3.05, 3.63) is 99.3 Å². The van der Waals surface area contributed by atoms with Crippen molar-refractivity contribution >= 4 is 34.8 Å². The number of nitrogens with zero attached hydrogens (tertiary/aromatic N) is 1. The first-order valence-corrected chi connectivity index (χ1v) is 15.2. The number of phenols is 1. The van der Waals surface area contributed by atoms with E-state index in [9.17, 15) is 24.9 Å². The lowest BCUT2D eigenvalue weighted by Gasteiger charge is -2.36. The second kappa shape index (κ2) is 13.0. The molecule has 4 atom stereocenters. The number of thiophene rings is 1. The number of fused-ring (bicyclic) bond motifs is 1. The number of aliphatic hydroxyl groups is 2. The maximum Gasteiger partial charge on any atom is 0.234 e. The highest BCUT2D eigenvalue weighted by atomic mass is 32.1. The largest absolute Gasteiger partial charge is 0.507 e. The number of hydrogen-bond donors (Lipinski definition) is 3. The number of carbonyl (C=O) groups excluding carboxylic acids is 2. The Hall–Kier alpha value is -3.52. The van der Waals surface area contributed by atoms with E-state index in [2.05, 4.69) is 6.92 Å². The number of likely N-dealkylation sites (tertiary alicyclic amines) is 1. The molecule has 5 rings (SSSR count). The van der Waals surface area contributed by atoms with Crippen molar-refractivity contribution in [2.45, 2.75) is 51.7 Å². The third-order valence-electron chi connectivity index (χ3n) is 8.38. The number of allylic oxidation sites excluding steroid dienone is 2. The number of benzene rings is 2. The SMILES string of the molecule is CCCC1=C([C@H](O)CC/C(=C/c2ccccc2O)c2ccccc2)[C@H](CO)[C@@H]2C(=O)N(Cc3cccs3)C(=O)[C@@H]2C1. The molecule has 3 N–H and O–H groups in total. The topological polar surface area (TPSA) is 98.1 Å². The zero-order valence-electron chi connectivity index (χ0n) is 23.3. The molecule has 0 spiro atoms. The van der Waals surface area contributed by atoms with E-state index in [0.29, 0.717) is 31.2 Å². The quantitative estimate of drug-likeness (QED) is 0.148. The van der Waals surface area contributed by atoms with E-state index in [4.69, 9.17) is 0 Å². The van der Waals surface area contributed by atoms with Crippen LogP contribution in [0.4, 0.5) is 0 Å². The fourth-order valence-electron chi connectivity index (χ4n) is 6.47. The number of hydrogen-bond acceptors (Lipinski definition) is 6. The second-order valence-electron chi connectivity index (χ2n) is 10.9. The van der Waals surface area contributed by atoms with Gasteiger partial charge in [-0.05, 0) is 66.0 Å². The van der Waals surface area contributed by atoms with Gasteiger partial charge in [-0.1, -0.05) is 73.5 Å². The van der Waals surface area contributed by atoms with Crippen LogP contribution in [0.2, 0.25) is 0 Å². The standard InChI is InChI=1S/C34H37NO5S/c1-2-9-25-19-27-32(34(40)35(33(27)39)20-26-13-8-17-41-26)28(21-36)31(25)30(38)16-15-23(22-10-4-3-5-11-22)18-24-12-6-7-14-29(24)37/h3-8,10-14,17-18,27-28,30,32,36-38H,2,9,15-16,19-21H2,1H3/b23-18-/t27-,28+,30-,32-/m1/s1. The highest BCUT2D eigenvalue weighted by molar-refractivity contribution is 7.09. The molecule has 0 saturated carbocycles. The lowest BCUT2D eigenvalue weighted by Crippen LogP contribution is -2.39. The first kappa shape index (κ1) is 29.0. The minimum absolute atomic E-state index is 0.175. The number of para-hydroxylation sites is 1. The highest BCUT2D eigenvalue weighted by Crippen LogP contribution is 2.47. The molecule has 0 bridgehead atoms. The molecule has 1 aliphatic carbocycles. The minimum atomic E-state index is -0.875. The Bertz CT molecular complexity index is 1430. The Morgan fingerprint density at radius 2 is 1.80 bits per heavy atom. The molecular weight excluding hydrogens is 534 g/mol. The van der Waals surface area contributed by atoms with Crippen molar-refractivity contribution in [1.82, 2.24) is 4.90 Å². The van der Waals surface area contributed by atoms with Gasteiger partial charge in [0.2, 0.25) is 11.8 Å². The second-order valence-corrected chi connectivity index (χ2v) is 12.0. The first-order valence-electron chi connectivity index (χ1n) is 14.3. The lowest BCUT2D eigenvalue weighted by atomic mass is 9.67. The van der Waals surface area contributed by atoms with Crippen LogP contribution in [0.3, 0.4) is 0 Å². The molecule has 6 nitrogen and oxygen atoms in total. The van der Waals surface area contributed by atoms with Gasteiger partial charge in [0.25, 0.3) is 0 Å². The fourth-order valence-corrected chi connectivity index (χ4v) is 7.17. The van der Waals surface area contributed by atoms with Crippen LogP contribution in [0, 0.1) is 17.8 Å². The van der Waals surface area contributed by atoms with E-state index in [0.717, 1.165) is 33.6 Å². The summed E-state index contributed by atoms with van der Waals surface area (Å²) in [6.07, 6.45) is 3.95. The van der Waals surface area contributed by atoms with E-state index >= 15 is 0 Å². The Kier molecular flexibility index (Phi) is 9.18. The van der Waals surface area contributed by atoms with Crippen molar-refractivity contribution in [1.29, 1.82) is 0 Å². The third-order valence-corrected chi connectivity index (χ3v) is 9.24. The van der Waals surface area contributed by atoms with Crippen LogP contribution in [-0.4, -0.2) is 44.7 Å². The zero-order valence-corrected chi connectivity index (χ0v) is 24.1. The van der Waals surface area contributed by atoms with Gasteiger partial charge in [0, 0.05) is 16.4 Å². The smallest absolute Gasteiger partial charge is 0.234 e. The molecule has 2 aliphatic rings. The van der Waals surface area contributed by atoms with Gasteiger partial charge in [0.15, 0.2) is 0 Å². The van der Waals surface area contributed by atoms with Crippen LogP contribution in [-0.2, 0) is 16.1 Å². The summed E-state index contributed by atoms with van der Waals surface area (Å²) in [5.74, 6) is -2.01. The summed E-state index contributed by atoms with van der Waals surface area (Å²) in [5.41, 5.74) is 4.37. The monoisotopic (exact) mass is 571 g/mol. The minimum Gasteiger partial charge on any atom is -0.507 e. The van der Waals surface area contributed by atoms with E-state index in [-0.39, 0.29) is 30.7 Å². The summed E-state index contributed by atoms with van der Waals surface area (Å²) in [4.78, 5) is 29.4. The molecule has 7 heteroatoms. The number of aromatic hydroxyl groups is 1. The van der Waals surface area contributed by atoms with Crippen molar-refractivity contribution in [2.75, 3.05) is 6.61 Å². The molecule has 0 radical (unpaired) electrons. The van der Waals surface area contributed by atoms with Crippen molar-refractivity contribution in [2.24, 2.45) is 17.8 Å². The molecular formula is C34H37NO5S. The van der Waals surface area contributed by atoms with Crippen LogP contribution in [0.1, 0.15) is 55.0 Å². The number of amides is 2. The van der Waals surface area contributed by atoms with Crippen LogP contribution in [0.25, 0.3) is 11.6 Å². The summed E-state index contributed by atoms with van der Waals surface area (Å²) in [7, 11) is 0. The van der Waals surface area contributed by atoms with Gasteiger partial charge in [-0.25, -0.2) is 0 Å². The van der Waals surface area contributed by atoms with Gasteiger partial charge in [-0.15, -0.1) is 11.3 Å². The number of aliphatic hydroxyl groups excluding tert-OH is 2. The molecule has 41 heavy (non-hydrogen) atoms. The van der Waals surface area contributed by atoms with Crippen LogP contribution >= 0.6 is 11.3 Å². The third kappa shape index (κ3) is 6.08. The molecule has 214 valence electrons. The molecule has 1 aromatic heterocycles. The normalized spacial score (nSPS) is 21.9. The lowest BCUT2D eigenvalue weighted by molar-refractivity contribution is -0.140. The average Bonchev–Trinajstić information content (AvgIpc) is 3.59. The molecule has 1 aliphatic heterocycles. The predicted molar refractivity (Wildman–Crippen MR) is 162 cm³/mol. The van der Waals surface area contributed by atoms with Crippen molar-refractivity contribution in [3.63, 3.8) is 0 Å². The Labute approximate surface area is 245 Å². The van der Waals surface area contributed by atoms with E-state index in [1.807, 2.05) is 66.1 Å². The van der Waals surface area contributed by atoms with Crippen LogP contribution in [0.15, 0.2) is 83.3 Å². The molecule has 2 heterocycles. The number of rotatable bonds is 11. The van der Waals surface area contributed by atoms with Crippen LogP contribution in [0.5, 0.6) is 5.75 Å². The summed E-state index contributed by atoms with van der Waals surface area (Å²) in [6, 6.07) is 20.9. The Morgan fingerprint density at radius 3 is 2.49 bits per heavy atom. The number of carbonyl (C=O) groups is 2. The van der Waals surface area contributed by atoms with E-state index in [1.54, 1.807) is 12.1 Å². The molecule has 2 amide bonds. The van der Waals surface area contributed by atoms with Gasteiger partial charge in [-0.2, -0.15) is 0 Å². The summed E-state index contributed by atoms with van der Waals surface area (Å²) in [6.45, 7) is 2.01. The first-order chi connectivity index (χ1) is 19.9. The van der Waals surface area contributed by atoms with Gasteiger partial charge in [-0.3, -0.25) is 14.5 Å². The summed E-state index contributed by atoms with van der Waals surface area (Å²) >= 11 is 1.51. The maximum atomic E-state index is 13.6. The van der Waals surface area contributed by atoms with Crippen molar-refractivity contribution < 1.29 is 24.9 Å². The zero-order chi connectivity index (χ0) is 28.9. The molecule has 1 fully saturated rings. The van der Waals surface area contributed by atoms with E-state index in [1.165, 1.54) is 16.2 Å². The molecule has 1 saturated heterocycles. The Morgan fingerprint density at radius 1 is 1.05 bits per heavy atom. The fraction of sp³-hybridized carbons (Fsp3) is 0.353. The maximum absolute atomic E-state index is 13.6. The Balaban J connectivity index is 1.42. The van der Waals surface area contributed by atoms with E-state index < -0.39 is 23.9 Å². The summed E-state index contributed by atoms with van der Waals surface area (Å²) < 4.78 is 0. The molecule has 3 aromatic rings. The molecule has 0 unspecified atom stereocenters. The predicted octanol–water partition coefficient (Wildman–Crippen LogP) is 6.05.